The van der Waals surface area contributed by atoms with E-state index in [0.717, 1.165) is 31.4 Å². The number of thioether (sulfide) groups is 1. The highest BCUT2D eigenvalue weighted by Gasteiger charge is 2.32. The van der Waals surface area contributed by atoms with Gasteiger partial charge in [-0.25, -0.2) is 0 Å². The average Bonchev–Trinajstić information content (AvgIpc) is 2.79. The molecular formula is C14H18F3NS. The van der Waals surface area contributed by atoms with E-state index in [1.54, 1.807) is 12.1 Å². The molecule has 1 saturated heterocycles. The van der Waals surface area contributed by atoms with Gasteiger partial charge in [0.1, 0.15) is 0 Å². The lowest BCUT2D eigenvalue weighted by molar-refractivity contribution is -0.0328. The topological polar surface area (TPSA) is 12.0 Å². The van der Waals surface area contributed by atoms with E-state index >= 15 is 0 Å². The second-order valence-corrected chi connectivity index (χ2v) is 6.17. The van der Waals surface area contributed by atoms with Crippen molar-refractivity contribution in [3.05, 3.63) is 29.8 Å². The molecule has 1 aromatic rings. The van der Waals surface area contributed by atoms with Crippen molar-refractivity contribution < 1.29 is 13.2 Å². The van der Waals surface area contributed by atoms with E-state index in [2.05, 4.69) is 12.2 Å². The highest BCUT2D eigenvalue weighted by Crippen LogP contribution is 2.37. The molecule has 1 fully saturated rings. The highest BCUT2D eigenvalue weighted by atomic mass is 32.2. The van der Waals surface area contributed by atoms with Crippen LogP contribution in [0.1, 0.15) is 31.7 Å². The third-order valence-electron chi connectivity index (χ3n) is 3.71. The van der Waals surface area contributed by atoms with Crippen molar-refractivity contribution in [3.8, 4) is 0 Å². The second-order valence-electron chi connectivity index (χ2n) is 5.03. The monoisotopic (exact) mass is 289 g/mol. The van der Waals surface area contributed by atoms with Crippen LogP contribution in [0, 0.1) is 0 Å². The first-order chi connectivity index (χ1) is 8.92. The maximum atomic E-state index is 12.2. The molecule has 106 valence electrons. The molecule has 1 N–H and O–H groups in total. The van der Waals surface area contributed by atoms with Crippen LogP contribution in [0.25, 0.3) is 0 Å². The second kappa shape index (κ2) is 5.75. The van der Waals surface area contributed by atoms with Gasteiger partial charge >= 0.3 is 5.51 Å². The van der Waals surface area contributed by atoms with E-state index in [0.29, 0.717) is 0 Å². The zero-order valence-electron chi connectivity index (χ0n) is 10.9. The Morgan fingerprint density at radius 3 is 2.42 bits per heavy atom. The first-order valence-corrected chi connectivity index (χ1v) is 7.34. The molecule has 0 amide bonds. The van der Waals surface area contributed by atoms with Gasteiger partial charge in [-0.3, -0.25) is 0 Å². The van der Waals surface area contributed by atoms with Crippen LogP contribution >= 0.6 is 11.8 Å². The molecule has 1 aromatic carbocycles. The molecule has 0 radical (unpaired) electrons. The normalized spacial score (nSPS) is 23.8. The number of halogens is 3. The summed E-state index contributed by atoms with van der Waals surface area (Å²) in [7, 11) is 0. The molecule has 5 heteroatoms. The number of hydrogen-bond donors (Lipinski definition) is 1. The standard InChI is InChI=1S/C14H18F3NS/c1-2-13(8-3-9-18-13)10-11-4-6-12(7-5-11)19-14(15,16)17/h4-7,18H,2-3,8-10H2,1H3. The van der Waals surface area contributed by atoms with Crippen LogP contribution in [0.3, 0.4) is 0 Å². The zero-order chi connectivity index (χ0) is 13.9. The highest BCUT2D eigenvalue weighted by molar-refractivity contribution is 8.00. The first-order valence-electron chi connectivity index (χ1n) is 6.52. The lowest BCUT2D eigenvalue weighted by atomic mass is 9.87. The molecule has 1 aliphatic heterocycles. The Morgan fingerprint density at radius 1 is 1.26 bits per heavy atom. The summed E-state index contributed by atoms with van der Waals surface area (Å²) in [6.45, 7) is 3.20. The number of nitrogens with one attached hydrogen (secondary N) is 1. The minimum absolute atomic E-state index is 0.0586. The summed E-state index contributed by atoms with van der Waals surface area (Å²) in [6, 6.07) is 6.74. The summed E-state index contributed by atoms with van der Waals surface area (Å²) in [5, 5.41) is 3.54. The molecule has 1 atom stereocenters. The predicted octanol–water partition coefficient (Wildman–Crippen LogP) is 4.37. The summed E-state index contributed by atoms with van der Waals surface area (Å²) >= 11 is -0.0586. The molecule has 0 bridgehead atoms. The van der Waals surface area contributed by atoms with Crippen LogP contribution in [-0.4, -0.2) is 17.6 Å². The molecule has 2 rings (SSSR count). The van der Waals surface area contributed by atoms with E-state index < -0.39 is 5.51 Å². The van der Waals surface area contributed by atoms with Crippen molar-refractivity contribution in [2.45, 2.75) is 48.5 Å². The van der Waals surface area contributed by atoms with Crippen molar-refractivity contribution in [1.82, 2.24) is 5.32 Å². The fraction of sp³-hybridized carbons (Fsp3) is 0.571. The van der Waals surface area contributed by atoms with Gasteiger partial charge in [-0.1, -0.05) is 19.1 Å². The molecule has 1 nitrogen and oxygen atoms in total. The summed E-state index contributed by atoms with van der Waals surface area (Å²) in [4.78, 5) is 0.251. The maximum absolute atomic E-state index is 12.2. The van der Waals surface area contributed by atoms with Gasteiger partial charge in [-0.15, -0.1) is 0 Å². The molecule has 1 heterocycles. The van der Waals surface area contributed by atoms with Gasteiger partial charge in [-0.05, 0) is 61.7 Å². The maximum Gasteiger partial charge on any atom is 0.446 e. The van der Waals surface area contributed by atoms with Crippen molar-refractivity contribution >= 4 is 11.8 Å². The van der Waals surface area contributed by atoms with Crippen molar-refractivity contribution in [2.24, 2.45) is 0 Å². The van der Waals surface area contributed by atoms with Crippen molar-refractivity contribution in [3.63, 3.8) is 0 Å². The SMILES string of the molecule is CCC1(Cc2ccc(SC(F)(F)F)cc2)CCCN1. The Balaban J connectivity index is 2.02. The van der Waals surface area contributed by atoms with Gasteiger partial charge in [-0.2, -0.15) is 13.2 Å². The largest absolute Gasteiger partial charge is 0.446 e. The van der Waals surface area contributed by atoms with Gasteiger partial charge in [0.05, 0.1) is 0 Å². The summed E-state index contributed by atoms with van der Waals surface area (Å²) in [5.74, 6) is 0. The Kier molecular flexibility index (Phi) is 4.46. The number of benzene rings is 1. The van der Waals surface area contributed by atoms with E-state index in [1.807, 2.05) is 12.1 Å². The average molecular weight is 289 g/mol. The lowest BCUT2D eigenvalue weighted by Crippen LogP contribution is -2.41. The van der Waals surface area contributed by atoms with Crippen LogP contribution in [0.4, 0.5) is 13.2 Å². The van der Waals surface area contributed by atoms with Crippen LogP contribution in [0.5, 0.6) is 0 Å². The van der Waals surface area contributed by atoms with E-state index in [-0.39, 0.29) is 22.2 Å². The predicted molar refractivity (Wildman–Crippen MR) is 72.3 cm³/mol. The quantitative estimate of drug-likeness (QED) is 0.826. The third-order valence-corrected chi connectivity index (χ3v) is 4.45. The molecule has 0 aliphatic carbocycles. The number of alkyl halides is 3. The molecule has 19 heavy (non-hydrogen) atoms. The van der Waals surface area contributed by atoms with Gasteiger partial charge in [0, 0.05) is 10.4 Å². The summed E-state index contributed by atoms with van der Waals surface area (Å²) in [5.41, 5.74) is -2.97. The van der Waals surface area contributed by atoms with Gasteiger partial charge < -0.3 is 5.32 Å². The molecule has 1 aliphatic rings. The Hall–Kier alpha value is -0.680. The zero-order valence-corrected chi connectivity index (χ0v) is 11.7. The Labute approximate surface area is 116 Å². The molecule has 0 spiro atoms. The first kappa shape index (κ1) is 14.7. The number of hydrogen-bond acceptors (Lipinski definition) is 2. The smallest absolute Gasteiger partial charge is 0.311 e. The number of rotatable bonds is 4. The summed E-state index contributed by atoms with van der Waals surface area (Å²) in [6.07, 6.45) is 4.25. The Morgan fingerprint density at radius 2 is 1.95 bits per heavy atom. The van der Waals surface area contributed by atoms with Crippen molar-refractivity contribution in [2.75, 3.05) is 6.54 Å². The van der Waals surface area contributed by atoms with Crippen LogP contribution < -0.4 is 5.32 Å². The third kappa shape index (κ3) is 4.14. The van der Waals surface area contributed by atoms with E-state index in [4.69, 9.17) is 0 Å². The van der Waals surface area contributed by atoms with Crippen LogP contribution in [0.15, 0.2) is 29.2 Å². The molecule has 0 aromatic heterocycles. The van der Waals surface area contributed by atoms with Gasteiger partial charge in [0.2, 0.25) is 0 Å². The summed E-state index contributed by atoms with van der Waals surface area (Å²) < 4.78 is 36.7. The van der Waals surface area contributed by atoms with E-state index in [9.17, 15) is 13.2 Å². The van der Waals surface area contributed by atoms with Crippen LogP contribution in [0.2, 0.25) is 0 Å². The Bertz CT molecular complexity index is 408. The van der Waals surface area contributed by atoms with Crippen molar-refractivity contribution in [1.29, 1.82) is 0 Å². The fourth-order valence-electron chi connectivity index (χ4n) is 2.65. The van der Waals surface area contributed by atoms with E-state index in [1.165, 1.54) is 6.42 Å². The minimum Gasteiger partial charge on any atom is -0.311 e. The molecular weight excluding hydrogens is 271 g/mol. The lowest BCUT2D eigenvalue weighted by Gasteiger charge is -2.28. The fourth-order valence-corrected chi connectivity index (χ4v) is 3.19. The molecule has 1 unspecified atom stereocenters. The van der Waals surface area contributed by atoms with Gasteiger partial charge in [0.25, 0.3) is 0 Å². The van der Waals surface area contributed by atoms with Crippen LogP contribution in [-0.2, 0) is 6.42 Å². The molecule has 0 saturated carbocycles. The minimum atomic E-state index is -4.21. The van der Waals surface area contributed by atoms with Gasteiger partial charge in [0.15, 0.2) is 0 Å².